The molecule has 0 spiro atoms. The second-order valence-electron chi connectivity index (χ2n) is 9.63. The molecule has 4 aromatic rings. The van der Waals surface area contributed by atoms with Crippen molar-refractivity contribution in [2.75, 3.05) is 42.3 Å². The van der Waals surface area contributed by atoms with E-state index in [1.54, 1.807) is 0 Å². The first-order valence-corrected chi connectivity index (χ1v) is 12.2. The van der Waals surface area contributed by atoms with Crippen molar-refractivity contribution in [2.24, 2.45) is 5.73 Å². The standard InChI is InChI=1S/C25H34N10/c1-17(2)34-16-28-22-23(30-25(31-24(22)34)33-11-9-19(26)10-12-33)27-13-18-7-5-6-8-21(18)35-15-20(14-29-35)32(3)4/h5-8,14-17,19H,9-13,26H2,1-4H3,(H,27,30,31). The third-order valence-corrected chi connectivity index (χ3v) is 6.56. The minimum atomic E-state index is 0.247. The van der Waals surface area contributed by atoms with E-state index < -0.39 is 0 Å². The first-order chi connectivity index (χ1) is 16.9. The smallest absolute Gasteiger partial charge is 0.229 e. The number of imidazole rings is 1. The summed E-state index contributed by atoms with van der Waals surface area (Å²) in [7, 11) is 4.03. The Balaban J connectivity index is 1.47. The number of nitrogens with two attached hydrogens (primary N) is 1. The number of para-hydroxylation sites is 1. The van der Waals surface area contributed by atoms with Crippen LogP contribution in [0.15, 0.2) is 43.0 Å². The second kappa shape index (κ2) is 9.53. The maximum absolute atomic E-state index is 6.13. The predicted octanol–water partition coefficient (Wildman–Crippen LogP) is 3.20. The number of hydrogen-bond acceptors (Lipinski definition) is 8. The number of rotatable bonds is 7. The van der Waals surface area contributed by atoms with Crippen molar-refractivity contribution in [3.05, 3.63) is 48.5 Å². The summed E-state index contributed by atoms with van der Waals surface area (Å²) >= 11 is 0. The average molecular weight is 475 g/mol. The van der Waals surface area contributed by atoms with Gasteiger partial charge in [-0.15, -0.1) is 0 Å². The van der Waals surface area contributed by atoms with E-state index in [1.165, 1.54) is 0 Å². The highest BCUT2D eigenvalue weighted by Crippen LogP contribution is 2.27. The van der Waals surface area contributed by atoms with Crippen molar-refractivity contribution >= 4 is 28.6 Å². The number of aromatic nitrogens is 6. The maximum Gasteiger partial charge on any atom is 0.229 e. The van der Waals surface area contributed by atoms with Gasteiger partial charge in [-0.05, 0) is 38.3 Å². The van der Waals surface area contributed by atoms with Crippen LogP contribution in [0.5, 0.6) is 0 Å². The van der Waals surface area contributed by atoms with Gasteiger partial charge in [-0.2, -0.15) is 15.1 Å². The van der Waals surface area contributed by atoms with Gasteiger partial charge in [0.05, 0.1) is 30.1 Å². The van der Waals surface area contributed by atoms with E-state index in [0.29, 0.717) is 6.54 Å². The Morgan fingerprint density at radius 3 is 2.63 bits per heavy atom. The lowest BCUT2D eigenvalue weighted by Crippen LogP contribution is -2.40. The molecule has 0 unspecified atom stereocenters. The van der Waals surface area contributed by atoms with Crippen LogP contribution < -0.4 is 20.9 Å². The number of anilines is 3. The van der Waals surface area contributed by atoms with Crippen LogP contribution >= 0.6 is 0 Å². The molecule has 1 fully saturated rings. The molecule has 0 amide bonds. The van der Waals surface area contributed by atoms with Crippen LogP contribution in [0.2, 0.25) is 0 Å². The number of piperidine rings is 1. The highest BCUT2D eigenvalue weighted by molar-refractivity contribution is 5.84. The van der Waals surface area contributed by atoms with Gasteiger partial charge in [0, 0.05) is 45.8 Å². The SMILES string of the molecule is CC(C)n1cnc2c(NCc3ccccc3-n3cc(N(C)C)cn3)nc(N3CCC(N)CC3)nc21. The Kier molecular flexibility index (Phi) is 6.29. The number of hydrogen-bond donors (Lipinski definition) is 2. The Labute approximate surface area is 205 Å². The van der Waals surface area contributed by atoms with Gasteiger partial charge < -0.3 is 25.4 Å². The lowest BCUT2D eigenvalue weighted by Gasteiger charge is -2.30. The van der Waals surface area contributed by atoms with Crippen molar-refractivity contribution in [3.8, 4) is 5.69 Å². The Morgan fingerprint density at radius 1 is 1.14 bits per heavy atom. The van der Waals surface area contributed by atoms with Crippen molar-refractivity contribution in [3.63, 3.8) is 0 Å². The summed E-state index contributed by atoms with van der Waals surface area (Å²) in [5.74, 6) is 1.47. The zero-order valence-corrected chi connectivity index (χ0v) is 20.9. The quantitative estimate of drug-likeness (QED) is 0.421. The fourth-order valence-corrected chi connectivity index (χ4v) is 4.39. The lowest BCUT2D eigenvalue weighted by atomic mass is 10.1. The molecule has 10 heteroatoms. The van der Waals surface area contributed by atoms with Gasteiger partial charge in [0.25, 0.3) is 0 Å². The van der Waals surface area contributed by atoms with Crippen molar-refractivity contribution in [2.45, 2.75) is 45.3 Å². The molecule has 1 aromatic carbocycles. The van der Waals surface area contributed by atoms with Crippen LogP contribution in [0.3, 0.4) is 0 Å². The zero-order chi connectivity index (χ0) is 24.5. The molecule has 4 heterocycles. The summed E-state index contributed by atoms with van der Waals surface area (Å²) in [6, 6.07) is 8.76. The van der Waals surface area contributed by atoms with Gasteiger partial charge in [0.15, 0.2) is 17.0 Å². The second-order valence-corrected chi connectivity index (χ2v) is 9.63. The molecule has 0 bridgehead atoms. The lowest BCUT2D eigenvalue weighted by molar-refractivity contribution is 0.495. The van der Waals surface area contributed by atoms with E-state index in [0.717, 1.165) is 65.8 Å². The van der Waals surface area contributed by atoms with Crippen molar-refractivity contribution < 1.29 is 0 Å². The van der Waals surface area contributed by atoms with Gasteiger partial charge in [-0.1, -0.05) is 18.2 Å². The molecular weight excluding hydrogens is 440 g/mol. The molecule has 5 rings (SSSR count). The highest BCUT2D eigenvalue weighted by atomic mass is 15.3. The molecule has 3 N–H and O–H groups in total. The first-order valence-electron chi connectivity index (χ1n) is 12.2. The Morgan fingerprint density at radius 2 is 1.91 bits per heavy atom. The highest BCUT2D eigenvalue weighted by Gasteiger charge is 2.22. The van der Waals surface area contributed by atoms with Gasteiger partial charge in [-0.25, -0.2) is 9.67 Å². The Hall–Kier alpha value is -3.66. The molecule has 1 aliphatic heterocycles. The molecule has 35 heavy (non-hydrogen) atoms. The van der Waals surface area contributed by atoms with Gasteiger partial charge >= 0.3 is 0 Å². The molecule has 3 aromatic heterocycles. The summed E-state index contributed by atoms with van der Waals surface area (Å²) in [5, 5.41) is 8.12. The van der Waals surface area contributed by atoms with Crippen LogP contribution in [0.1, 0.15) is 38.3 Å². The summed E-state index contributed by atoms with van der Waals surface area (Å²) in [4.78, 5) is 18.8. The van der Waals surface area contributed by atoms with E-state index >= 15 is 0 Å². The number of benzene rings is 1. The molecule has 10 nitrogen and oxygen atoms in total. The van der Waals surface area contributed by atoms with E-state index in [2.05, 4.69) is 50.8 Å². The molecule has 0 aliphatic carbocycles. The molecule has 0 atom stereocenters. The molecule has 0 saturated carbocycles. The van der Waals surface area contributed by atoms with E-state index in [1.807, 2.05) is 54.5 Å². The van der Waals surface area contributed by atoms with Crippen molar-refractivity contribution in [1.82, 2.24) is 29.3 Å². The fraction of sp³-hybridized carbons (Fsp3) is 0.440. The normalized spacial score (nSPS) is 14.7. The fourth-order valence-electron chi connectivity index (χ4n) is 4.39. The van der Waals surface area contributed by atoms with E-state index in [4.69, 9.17) is 15.7 Å². The Bertz CT molecular complexity index is 1300. The first kappa shape index (κ1) is 23.1. The minimum absolute atomic E-state index is 0.247. The van der Waals surface area contributed by atoms with Crippen LogP contribution in [-0.4, -0.2) is 62.5 Å². The number of nitrogens with one attached hydrogen (secondary N) is 1. The van der Waals surface area contributed by atoms with E-state index in [9.17, 15) is 0 Å². The van der Waals surface area contributed by atoms with Crippen LogP contribution in [0.25, 0.3) is 16.9 Å². The monoisotopic (exact) mass is 474 g/mol. The predicted molar refractivity (Wildman–Crippen MR) is 140 cm³/mol. The van der Waals surface area contributed by atoms with Crippen LogP contribution in [-0.2, 0) is 6.54 Å². The topological polar surface area (TPSA) is 106 Å². The zero-order valence-electron chi connectivity index (χ0n) is 20.9. The molecular formula is C25H34N10. The average Bonchev–Trinajstić information content (AvgIpc) is 3.51. The molecule has 1 saturated heterocycles. The van der Waals surface area contributed by atoms with E-state index in [-0.39, 0.29) is 12.1 Å². The largest absolute Gasteiger partial charge is 0.375 e. The summed E-state index contributed by atoms with van der Waals surface area (Å²) in [6.07, 6.45) is 7.64. The van der Waals surface area contributed by atoms with Crippen LogP contribution in [0.4, 0.5) is 17.5 Å². The summed E-state index contributed by atoms with van der Waals surface area (Å²) in [5.41, 5.74) is 10.9. The van der Waals surface area contributed by atoms with Crippen LogP contribution in [0, 0.1) is 0 Å². The minimum Gasteiger partial charge on any atom is -0.375 e. The molecule has 1 aliphatic rings. The van der Waals surface area contributed by atoms with Gasteiger partial charge in [-0.3, -0.25) is 0 Å². The third-order valence-electron chi connectivity index (χ3n) is 6.56. The summed E-state index contributed by atoms with van der Waals surface area (Å²) in [6.45, 7) is 6.57. The molecule has 0 radical (unpaired) electrons. The maximum atomic E-state index is 6.13. The van der Waals surface area contributed by atoms with Gasteiger partial charge in [0.1, 0.15) is 0 Å². The van der Waals surface area contributed by atoms with Gasteiger partial charge in [0.2, 0.25) is 5.95 Å². The van der Waals surface area contributed by atoms with Crippen molar-refractivity contribution in [1.29, 1.82) is 0 Å². The summed E-state index contributed by atoms with van der Waals surface area (Å²) < 4.78 is 4.01. The third kappa shape index (κ3) is 4.66. The molecule has 184 valence electrons. The number of fused-ring (bicyclic) bond motifs is 1. The number of nitrogens with zero attached hydrogens (tertiary/aromatic N) is 8.